The van der Waals surface area contributed by atoms with Crippen LogP contribution in [0.5, 0.6) is 17.4 Å². The van der Waals surface area contributed by atoms with Crippen LogP contribution in [0.2, 0.25) is 0 Å². The Morgan fingerprint density at radius 2 is 1.64 bits per heavy atom. The maximum absolute atomic E-state index is 6.19. The van der Waals surface area contributed by atoms with E-state index in [-0.39, 0.29) is 5.88 Å². The van der Waals surface area contributed by atoms with Crippen molar-refractivity contribution in [1.29, 1.82) is 0 Å². The van der Waals surface area contributed by atoms with E-state index >= 15 is 0 Å². The largest absolute Gasteiger partial charge is 0.493 e. The minimum Gasteiger partial charge on any atom is -0.493 e. The molecule has 0 bridgehead atoms. The highest BCUT2D eigenvalue weighted by molar-refractivity contribution is 5.73. The van der Waals surface area contributed by atoms with Crippen molar-refractivity contribution in [1.82, 2.24) is 9.97 Å². The minimum absolute atomic E-state index is 0.270. The van der Waals surface area contributed by atoms with E-state index in [0.717, 1.165) is 16.8 Å². The molecule has 25 heavy (non-hydrogen) atoms. The average molecular weight is 336 g/mol. The first-order valence-corrected chi connectivity index (χ1v) is 7.83. The number of aryl methyl sites for hydroxylation is 2. The third kappa shape index (κ3) is 3.80. The van der Waals surface area contributed by atoms with Gasteiger partial charge < -0.3 is 20.5 Å². The summed E-state index contributed by atoms with van der Waals surface area (Å²) in [7, 11) is 1.58. The minimum atomic E-state index is 0.270. The van der Waals surface area contributed by atoms with Crippen LogP contribution in [-0.2, 0) is 0 Å². The Balaban J connectivity index is 1.89. The van der Waals surface area contributed by atoms with Crippen molar-refractivity contribution >= 4 is 17.2 Å². The van der Waals surface area contributed by atoms with Crippen LogP contribution in [0, 0.1) is 13.8 Å². The van der Waals surface area contributed by atoms with E-state index in [1.807, 2.05) is 38.1 Å². The second-order valence-corrected chi connectivity index (χ2v) is 5.70. The number of nitrogen functional groups attached to an aromatic ring is 1. The molecule has 0 aliphatic heterocycles. The van der Waals surface area contributed by atoms with Gasteiger partial charge in [-0.05, 0) is 49.2 Å². The molecule has 0 radical (unpaired) electrons. The van der Waals surface area contributed by atoms with Gasteiger partial charge in [-0.15, -0.1) is 0 Å². The van der Waals surface area contributed by atoms with Crippen LogP contribution in [0.1, 0.15) is 11.1 Å². The predicted molar refractivity (Wildman–Crippen MR) is 98.7 cm³/mol. The van der Waals surface area contributed by atoms with Gasteiger partial charge in [-0.25, -0.2) is 4.98 Å². The highest BCUT2D eigenvalue weighted by Crippen LogP contribution is 2.35. The van der Waals surface area contributed by atoms with Crippen molar-refractivity contribution in [3.05, 3.63) is 59.9 Å². The Morgan fingerprint density at radius 1 is 0.960 bits per heavy atom. The molecule has 3 N–H and O–H groups in total. The number of nitrogens with zero attached hydrogens (tertiary/aromatic N) is 2. The van der Waals surface area contributed by atoms with Crippen LogP contribution in [-0.4, -0.2) is 17.1 Å². The molecule has 0 saturated carbocycles. The van der Waals surface area contributed by atoms with Gasteiger partial charge in [0, 0.05) is 5.69 Å². The molecular weight excluding hydrogens is 316 g/mol. The monoisotopic (exact) mass is 336 g/mol. The number of nitrogens with two attached hydrogens (primary N) is 1. The van der Waals surface area contributed by atoms with Crippen LogP contribution >= 0.6 is 0 Å². The van der Waals surface area contributed by atoms with Gasteiger partial charge >= 0.3 is 0 Å². The molecular formula is C19H20N4O2. The fourth-order valence-corrected chi connectivity index (χ4v) is 2.55. The Bertz CT molecular complexity index is 876. The first kappa shape index (κ1) is 16.6. The van der Waals surface area contributed by atoms with Crippen LogP contribution in [0.3, 0.4) is 0 Å². The third-order valence-corrected chi connectivity index (χ3v) is 3.61. The van der Waals surface area contributed by atoms with Gasteiger partial charge in [-0.3, -0.25) is 0 Å². The lowest BCUT2D eigenvalue weighted by atomic mass is 10.1. The van der Waals surface area contributed by atoms with Crippen molar-refractivity contribution in [2.75, 3.05) is 18.2 Å². The van der Waals surface area contributed by atoms with Crippen molar-refractivity contribution in [3.8, 4) is 17.4 Å². The summed E-state index contributed by atoms with van der Waals surface area (Å²) in [6.07, 6.45) is 1.41. The van der Waals surface area contributed by atoms with Crippen LogP contribution in [0.25, 0.3) is 0 Å². The fourth-order valence-electron chi connectivity index (χ4n) is 2.55. The zero-order valence-corrected chi connectivity index (χ0v) is 14.4. The molecule has 0 unspecified atom stereocenters. The van der Waals surface area contributed by atoms with E-state index in [2.05, 4.69) is 21.4 Å². The lowest BCUT2D eigenvalue weighted by Gasteiger charge is -2.14. The number of benzene rings is 2. The smallest absolute Gasteiger partial charge is 0.248 e. The number of para-hydroxylation sites is 2. The summed E-state index contributed by atoms with van der Waals surface area (Å²) in [6, 6.07) is 13.5. The normalized spacial score (nSPS) is 10.4. The molecule has 1 aromatic heterocycles. The van der Waals surface area contributed by atoms with E-state index in [9.17, 15) is 0 Å². The molecule has 3 rings (SSSR count). The second-order valence-electron chi connectivity index (χ2n) is 5.70. The van der Waals surface area contributed by atoms with Gasteiger partial charge in [-0.1, -0.05) is 18.2 Å². The number of aromatic nitrogens is 2. The van der Waals surface area contributed by atoms with Crippen molar-refractivity contribution < 1.29 is 9.47 Å². The lowest BCUT2D eigenvalue weighted by molar-refractivity contribution is 0.374. The van der Waals surface area contributed by atoms with Crippen molar-refractivity contribution in [2.24, 2.45) is 0 Å². The van der Waals surface area contributed by atoms with E-state index in [1.54, 1.807) is 19.2 Å². The molecule has 3 aromatic rings. The number of anilines is 3. The fraction of sp³-hybridized carbons (Fsp3) is 0.158. The Labute approximate surface area is 146 Å². The third-order valence-electron chi connectivity index (χ3n) is 3.61. The van der Waals surface area contributed by atoms with Crippen molar-refractivity contribution in [3.63, 3.8) is 0 Å². The van der Waals surface area contributed by atoms with E-state index in [0.29, 0.717) is 23.0 Å². The molecule has 0 saturated heterocycles. The highest BCUT2D eigenvalue weighted by atomic mass is 16.5. The van der Waals surface area contributed by atoms with E-state index < -0.39 is 0 Å². The van der Waals surface area contributed by atoms with Gasteiger partial charge in [0.2, 0.25) is 5.88 Å². The summed E-state index contributed by atoms with van der Waals surface area (Å²) >= 11 is 0. The molecule has 2 aromatic carbocycles. The second kappa shape index (κ2) is 7.09. The summed E-state index contributed by atoms with van der Waals surface area (Å²) in [4.78, 5) is 8.35. The molecule has 1 heterocycles. The summed E-state index contributed by atoms with van der Waals surface area (Å²) < 4.78 is 11.1. The number of rotatable bonds is 5. The predicted octanol–water partition coefficient (Wildman–Crippen LogP) is 4.22. The van der Waals surface area contributed by atoms with Crippen LogP contribution in [0.15, 0.2) is 48.8 Å². The zero-order valence-electron chi connectivity index (χ0n) is 14.4. The Morgan fingerprint density at radius 3 is 2.32 bits per heavy atom. The molecule has 0 atom stereocenters. The summed E-state index contributed by atoms with van der Waals surface area (Å²) in [5.41, 5.74) is 9.73. The molecule has 128 valence electrons. The number of ether oxygens (including phenoxy) is 2. The molecule has 0 aliphatic rings. The van der Waals surface area contributed by atoms with Gasteiger partial charge in [0.1, 0.15) is 12.0 Å². The van der Waals surface area contributed by atoms with Gasteiger partial charge in [0.15, 0.2) is 17.3 Å². The molecule has 0 amide bonds. The quantitative estimate of drug-likeness (QED) is 0.726. The summed E-state index contributed by atoms with van der Waals surface area (Å²) in [6.45, 7) is 4.08. The maximum atomic E-state index is 6.19. The lowest BCUT2D eigenvalue weighted by Crippen LogP contribution is -2.03. The summed E-state index contributed by atoms with van der Waals surface area (Å²) in [5.74, 6) is 1.90. The molecule has 6 heteroatoms. The van der Waals surface area contributed by atoms with Gasteiger partial charge in [0.05, 0.1) is 7.11 Å². The first-order chi connectivity index (χ1) is 12.1. The van der Waals surface area contributed by atoms with Crippen molar-refractivity contribution in [2.45, 2.75) is 13.8 Å². The Kier molecular flexibility index (Phi) is 4.70. The van der Waals surface area contributed by atoms with Crippen LogP contribution < -0.4 is 20.5 Å². The molecule has 0 spiro atoms. The topological polar surface area (TPSA) is 82.3 Å². The SMILES string of the molecule is COc1ccccc1Oc1ncnc(Nc2cc(C)cc(C)c2)c1N. The standard InChI is InChI=1S/C19H20N4O2/c1-12-8-13(2)10-14(9-12)23-18-17(20)19(22-11-21-18)25-16-7-5-4-6-15(16)24-3/h4-11H,20H2,1-3H3,(H,21,22,23). The number of hydrogen-bond donors (Lipinski definition) is 2. The van der Waals surface area contributed by atoms with E-state index in [1.165, 1.54) is 6.33 Å². The van der Waals surface area contributed by atoms with Crippen LogP contribution in [0.4, 0.5) is 17.2 Å². The molecule has 0 aliphatic carbocycles. The molecule has 0 fully saturated rings. The zero-order chi connectivity index (χ0) is 17.8. The first-order valence-electron chi connectivity index (χ1n) is 7.83. The maximum Gasteiger partial charge on any atom is 0.248 e. The number of methoxy groups -OCH3 is 1. The van der Waals surface area contributed by atoms with Gasteiger partial charge in [-0.2, -0.15) is 4.98 Å². The Hall–Kier alpha value is -3.28. The summed E-state index contributed by atoms with van der Waals surface area (Å²) in [5, 5.41) is 3.22. The molecule has 6 nitrogen and oxygen atoms in total. The average Bonchev–Trinajstić information content (AvgIpc) is 2.58. The van der Waals surface area contributed by atoms with Gasteiger partial charge in [0.25, 0.3) is 0 Å². The number of hydrogen-bond acceptors (Lipinski definition) is 6. The number of nitrogens with one attached hydrogen (secondary N) is 1. The van der Waals surface area contributed by atoms with E-state index in [4.69, 9.17) is 15.2 Å². The highest BCUT2D eigenvalue weighted by Gasteiger charge is 2.13.